The Morgan fingerprint density at radius 1 is 1.03 bits per heavy atom. The molecule has 0 spiro atoms. The lowest BCUT2D eigenvalue weighted by molar-refractivity contribution is -0.123. The molecule has 0 heterocycles. The zero-order valence-electron chi connectivity index (χ0n) is 18.2. The van der Waals surface area contributed by atoms with Gasteiger partial charge in [0.05, 0.1) is 12.2 Å². The maximum absolute atomic E-state index is 12.7. The van der Waals surface area contributed by atoms with E-state index in [-0.39, 0.29) is 11.7 Å². The number of unbranched alkanes of at least 4 members (excludes halogenated alkanes) is 3. The van der Waals surface area contributed by atoms with Crippen molar-refractivity contribution in [2.45, 2.75) is 39.5 Å². The lowest BCUT2D eigenvalue weighted by atomic mass is 10.2. The highest BCUT2D eigenvalue weighted by molar-refractivity contribution is 9.10. The predicted octanol–water partition coefficient (Wildman–Crippen LogP) is 4.43. The third-order valence-electron chi connectivity index (χ3n) is 4.34. The summed E-state index contributed by atoms with van der Waals surface area (Å²) in [5.74, 6) is 0.174. The highest BCUT2D eigenvalue weighted by atomic mass is 79.9. The smallest absolute Gasteiger partial charge is 0.276 e. The SMILES string of the molecule is CCCCCCOc1ccc(Br)cc1C(=O)NC(=S)NNC(=O)COc1cccc(C)c1. The van der Waals surface area contributed by atoms with E-state index in [0.717, 1.165) is 35.7 Å². The lowest BCUT2D eigenvalue weighted by Gasteiger charge is -2.14. The van der Waals surface area contributed by atoms with Crippen LogP contribution in [0.4, 0.5) is 0 Å². The maximum atomic E-state index is 12.7. The standard InChI is InChI=1S/C23H28BrN3O4S/c1-3-4-5-6-12-30-20-11-10-17(24)14-19(20)22(29)25-23(32)27-26-21(28)15-31-18-9-7-8-16(2)13-18/h7-11,13-14H,3-6,12,15H2,1-2H3,(H,26,28)(H2,25,27,29,32). The molecule has 32 heavy (non-hydrogen) atoms. The Hall–Kier alpha value is -2.65. The lowest BCUT2D eigenvalue weighted by Crippen LogP contribution is -2.49. The molecule has 0 aliphatic rings. The number of hydrogen-bond acceptors (Lipinski definition) is 5. The zero-order valence-corrected chi connectivity index (χ0v) is 20.6. The van der Waals surface area contributed by atoms with Crippen LogP contribution in [-0.2, 0) is 4.79 Å². The van der Waals surface area contributed by atoms with Gasteiger partial charge in [0.25, 0.3) is 11.8 Å². The van der Waals surface area contributed by atoms with Gasteiger partial charge in [0.15, 0.2) is 11.7 Å². The van der Waals surface area contributed by atoms with Gasteiger partial charge < -0.3 is 9.47 Å². The van der Waals surface area contributed by atoms with Crippen LogP contribution in [0.1, 0.15) is 48.5 Å². The molecule has 2 amide bonds. The predicted molar refractivity (Wildman–Crippen MR) is 132 cm³/mol. The number of thiocarbonyl (C=S) groups is 1. The number of amides is 2. The largest absolute Gasteiger partial charge is 0.493 e. The zero-order chi connectivity index (χ0) is 23.3. The second-order valence-electron chi connectivity index (χ2n) is 7.11. The van der Waals surface area contributed by atoms with E-state index in [4.69, 9.17) is 21.7 Å². The van der Waals surface area contributed by atoms with Crippen LogP contribution in [0.25, 0.3) is 0 Å². The molecule has 172 valence electrons. The summed E-state index contributed by atoms with van der Waals surface area (Å²) in [7, 11) is 0. The van der Waals surface area contributed by atoms with Crippen molar-refractivity contribution in [3.63, 3.8) is 0 Å². The van der Waals surface area contributed by atoms with E-state index in [0.29, 0.717) is 23.7 Å². The number of carbonyl (C=O) groups is 2. The van der Waals surface area contributed by atoms with Gasteiger partial charge in [-0.3, -0.25) is 25.8 Å². The number of aryl methyl sites for hydroxylation is 1. The van der Waals surface area contributed by atoms with Crippen molar-refractivity contribution in [2.24, 2.45) is 0 Å². The van der Waals surface area contributed by atoms with Crippen LogP contribution in [0, 0.1) is 6.92 Å². The molecule has 0 fully saturated rings. The van der Waals surface area contributed by atoms with Crippen LogP contribution in [-0.4, -0.2) is 30.1 Å². The maximum Gasteiger partial charge on any atom is 0.276 e. The third-order valence-corrected chi connectivity index (χ3v) is 5.04. The second-order valence-corrected chi connectivity index (χ2v) is 8.44. The van der Waals surface area contributed by atoms with Gasteiger partial charge in [0.2, 0.25) is 0 Å². The molecule has 0 saturated heterocycles. The number of hydrazine groups is 1. The molecule has 0 bridgehead atoms. The molecule has 2 aromatic rings. The van der Waals surface area contributed by atoms with Crippen molar-refractivity contribution in [3.05, 3.63) is 58.1 Å². The Labute approximate surface area is 202 Å². The van der Waals surface area contributed by atoms with Gasteiger partial charge in [0, 0.05) is 4.47 Å². The first-order valence-electron chi connectivity index (χ1n) is 10.4. The van der Waals surface area contributed by atoms with Crippen molar-refractivity contribution in [1.82, 2.24) is 16.2 Å². The van der Waals surface area contributed by atoms with Crippen LogP contribution >= 0.6 is 28.1 Å². The van der Waals surface area contributed by atoms with Crippen molar-refractivity contribution < 1.29 is 19.1 Å². The molecule has 0 aromatic heterocycles. The summed E-state index contributed by atoms with van der Waals surface area (Å²) in [6.07, 6.45) is 4.29. The first-order chi connectivity index (χ1) is 15.4. The average molecular weight is 522 g/mol. The topological polar surface area (TPSA) is 88.7 Å². The fourth-order valence-electron chi connectivity index (χ4n) is 2.73. The van der Waals surface area contributed by atoms with Gasteiger partial charge in [-0.15, -0.1) is 0 Å². The van der Waals surface area contributed by atoms with E-state index < -0.39 is 11.8 Å². The van der Waals surface area contributed by atoms with Crippen LogP contribution < -0.4 is 25.6 Å². The Morgan fingerprint density at radius 3 is 2.59 bits per heavy atom. The molecule has 0 unspecified atom stereocenters. The number of carbonyl (C=O) groups excluding carboxylic acids is 2. The monoisotopic (exact) mass is 521 g/mol. The van der Waals surface area contributed by atoms with Crippen molar-refractivity contribution in [2.75, 3.05) is 13.2 Å². The number of halogens is 1. The van der Waals surface area contributed by atoms with Crippen molar-refractivity contribution in [3.8, 4) is 11.5 Å². The molecular formula is C23H28BrN3O4S. The molecule has 7 nitrogen and oxygen atoms in total. The van der Waals surface area contributed by atoms with Crippen LogP contribution in [0.15, 0.2) is 46.9 Å². The Kier molecular flexibility index (Phi) is 11.0. The van der Waals surface area contributed by atoms with Gasteiger partial charge in [-0.25, -0.2) is 0 Å². The summed E-state index contributed by atoms with van der Waals surface area (Å²) in [6, 6.07) is 12.6. The van der Waals surface area contributed by atoms with E-state index in [1.807, 2.05) is 31.2 Å². The summed E-state index contributed by atoms with van der Waals surface area (Å²) in [5.41, 5.74) is 6.26. The minimum absolute atomic E-state index is 0.0484. The molecule has 3 N–H and O–H groups in total. The van der Waals surface area contributed by atoms with Gasteiger partial charge in [-0.2, -0.15) is 0 Å². The fraction of sp³-hybridized carbons (Fsp3) is 0.348. The summed E-state index contributed by atoms with van der Waals surface area (Å²) >= 11 is 8.47. The number of ether oxygens (including phenoxy) is 2. The summed E-state index contributed by atoms with van der Waals surface area (Å²) in [4.78, 5) is 24.6. The van der Waals surface area contributed by atoms with Crippen LogP contribution in [0.5, 0.6) is 11.5 Å². The van der Waals surface area contributed by atoms with Gasteiger partial charge in [-0.05, 0) is 61.5 Å². The van der Waals surface area contributed by atoms with Crippen molar-refractivity contribution >= 4 is 45.1 Å². The molecule has 2 aromatic carbocycles. The Balaban J connectivity index is 1.81. The Morgan fingerprint density at radius 2 is 1.84 bits per heavy atom. The van der Waals surface area contributed by atoms with Gasteiger partial charge in [-0.1, -0.05) is 54.2 Å². The van der Waals surface area contributed by atoms with E-state index in [9.17, 15) is 9.59 Å². The fourth-order valence-corrected chi connectivity index (χ4v) is 3.24. The number of rotatable bonds is 10. The number of nitrogens with one attached hydrogen (secondary N) is 3. The molecule has 2 rings (SSSR count). The molecular weight excluding hydrogens is 494 g/mol. The van der Waals surface area contributed by atoms with E-state index in [2.05, 4.69) is 39.0 Å². The van der Waals surface area contributed by atoms with Gasteiger partial charge >= 0.3 is 0 Å². The van der Waals surface area contributed by atoms with Crippen molar-refractivity contribution in [1.29, 1.82) is 0 Å². The van der Waals surface area contributed by atoms with E-state index in [1.54, 1.807) is 18.2 Å². The first-order valence-corrected chi connectivity index (χ1v) is 11.6. The highest BCUT2D eigenvalue weighted by Gasteiger charge is 2.15. The van der Waals surface area contributed by atoms with E-state index >= 15 is 0 Å². The minimum Gasteiger partial charge on any atom is -0.493 e. The minimum atomic E-state index is -0.447. The van der Waals surface area contributed by atoms with Gasteiger partial charge in [0.1, 0.15) is 11.5 Å². The summed E-state index contributed by atoms with van der Waals surface area (Å²) in [6.45, 7) is 4.41. The molecule has 9 heteroatoms. The molecule has 0 atom stereocenters. The highest BCUT2D eigenvalue weighted by Crippen LogP contribution is 2.23. The summed E-state index contributed by atoms with van der Waals surface area (Å²) < 4.78 is 11.9. The molecule has 0 saturated carbocycles. The number of benzene rings is 2. The molecule has 0 aliphatic heterocycles. The Bertz CT molecular complexity index is 939. The average Bonchev–Trinajstić information content (AvgIpc) is 2.77. The normalized spacial score (nSPS) is 10.2. The second kappa shape index (κ2) is 13.7. The van der Waals surface area contributed by atoms with Crippen LogP contribution in [0.3, 0.4) is 0 Å². The number of hydrogen-bond donors (Lipinski definition) is 3. The molecule has 0 aliphatic carbocycles. The van der Waals surface area contributed by atoms with E-state index in [1.165, 1.54) is 0 Å². The summed E-state index contributed by atoms with van der Waals surface area (Å²) in [5, 5.41) is 2.49. The van der Waals surface area contributed by atoms with Crippen LogP contribution in [0.2, 0.25) is 0 Å². The third kappa shape index (κ3) is 9.23. The molecule has 0 radical (unpaired) electrons. The quantitative estimate of drug-likeness (QED) is 0.243. The first kappa shape index (κ1) is 25.6.